The number of anilines is 1. The maximum atomic E-state index is 11.8. The Labute approximate surface area is 118 Å². The van der Waals surface area contributed by atoms with Gasteiger partial charge in [-0.05, 0) is 31.5 Å². The highest BCUT2D eigenvalue weighted by molar-refractivity contribution is 5.92. The first-order valence-electron chi connectivity index (χ1n) is 6.38. The molecule has 0 heterocycles. The fourth-order valence-electron chi connectivity index (χ4n) is 1.49. The van der Waals surface area contributed by atoms with E-state index in [1.807, 2.05) is 13.8 Å². The molecule has 1 unspecified atom stereocenters. The minimum Gasteiger partial charge on any atom is -0.495 e. The van der Waals surface area contributed by atoms with E-state index < -0.39 is 5.97 Å². The van der Waals surface area contributed by atoms with Crippen molar-refractivity contribution < 1.29 is 19.1 Å². The monoisotopic (exact) mass is 280 g/mol. The van der Waals surface area contributed by atoms with E-state index in [1.165, 1.54) is 19.2 Å². The molecule has 0 saturated carbocycles. The number of carbonyl (C=O) groups is 2. The summed E-state index contributed by atoms with van der Waals surface area (Å²) in [5, 5.41) is 2.71. The SMILES string of the molecule is CCC(C)NC(=O)COC(=O)c1ccc(OC)c(N)c1. The van der Waals surface area contributed by atoms with E-state index >= 15 is 0 Å². The van der Waals surface area contributed by atoms with Crippen molar-refractivity contribution in [3.63, 3.8) is 0 Å². The number of nitrogen functional groups attached to an aromatic ring is 1. The van der Waals surface area contributed by atoms with Gasteiger partial charge < -0.3 is 20.5 Å². The second-order valence-corrected chi connectivity index (χ2v) is 4.41. The number of nitrogens with one attached hydrogen (secondary N) is 1. The highest BCUT2D eigenvalue weighted by atomic mass is 16.5. The normalized spacial score (nSPS) is 11.6. The van der Waals surface area contributed by atoms with Crippen LogP contribution in [0, 0.1) is 0 Å². The molecule has 0 bridgehead atoms. The van der Waals surface area contributed by atoms with Gasteiger partial charge in [-0.15, -0.1) is 0 Å². The summed E-state index contributed by atoms with van der Waals surface area (Å²) in [5.41, 5.74) is 6.31. The van der Waals surface area contributed by atoms with Gasteiger partial charge in [0.15, 0.2) is 6.61 Å². The molecule has 0 radical (unpaired) electrons. The number of carbonyl (C=O) groups excluding carboxylic acids is 2. The van der Waals surface area contributed by atoms with Crippen LogP contribution >= 0.6 is 0 Å². The Bertz CT molecular complexity index is 488. The predicted octanol–water partition coefficient (Wildman–Crippen LogP) is 1.35. The van der Waals surface area contributed by atoms with Crippen LogP contribution in [0.1, 0.15) is 30.6 Å². The van der Waals surface area contributed by atoms with Crippen LogP contribution in [0.15, 0.2) is 18.2 Å². The minimum atomic E-state index is -0.598. The molecule has 6 nitrogen and oxygen atoms in total. The van der Waals surface area contributed by atoms with Crippen molar-refractivity contribution in [2.24, 2.45) is 0 Å². The molecular formula is C14H20N2O4. The number of amides is 1. The van der Waals surface area contributed by atoms with Gasteiger partial charge in [-0.25, -0.2) is 4.79 Å². The van der Waals surface area contributed by atoms with Crippen LogP contribution in [0.25, 0.3) is 0 Å². The summed E-state index contributed by atoms with van der Waals surface area (Å²) in [6.07, 6.45) is 0.814. The molecule has 0 saturated heterocycles. The van der Waals surface area contributed by atoms with Crippen LogP contribution in [0.3, 0.4) is 0 Å². The average molecular weight is 280 g/mol. The lowest BCUT2D eigenvalue weighted by molar-refractivity contribution is -0.124. The number of rotatable bonds is 6. The summed E-state index contributed by atoms with van der Waals surface area (Å²) in [5.74, 6) is -0.441. The second kappa shape index (κ2) is 7.37. The molecule has 1 atom stereocenters. The fourth-order valence-corrected chi connectivity index (χ4v) is 1.49. The van der Waals surface area contributed by atoms with Crippen LogP contribution in [-0.2, 0) is 9.53 Å². The van der Waals surface area contributed by atoms with Crippen LogP contribution in [0.5, 0.6) is 5.75 Å². The molecule has 1 aromatic rings. The quantitative estimate of drug-likeness (QED) is 0.606. The van der Waals surface area contributed by atoms with E-state index in [9.17, 15) is 9.59 Å². The van der Waals surface area contributed by atoms with Crippen molar-refractivity contribution in [3.05, 3.63) is 23.8 Å². The van der Waals surface area contributed by atoms with Crippen molar-refractivity contribution in [3.8, 4) is 5.75 Å². The molecule has 1 aromatic carbocycles. The number of nitrogens with two attached hydrogens (primary N) is 1. The number of methoxy groups -OCH3 is 1. The third-order valence-electron chi connectivity index (χ3n) is 2.82. The molecule has 0 aliphatic heterocycles. The van der Waals surface area contributed by atoms with E-state index in [1.54, 1.807) is 6.07 Å². The van der Waals surface area contributed by atoms with Crippen molar-refractivity contribution in [2.75, 3.05) is 19.5 Å². The van der Waals surface area contributed by atoms with Gasteiger partial charge in [-0.3, -0.25) is 4.79 Å². The number of benzene rings is 1. The molecule has 6 heteroatoms. The third kappa shape index (κ3) is 4.46. The fraction of sp³-hybridized carbons (Fsp3) is 0.429. The molecule has 110 valence electrons. The van der Waals surface area contributed by atoms with Gasteiger partial charge in [0.05, 0.1) is 18.4 Å². The van der Waals surface area contributed by atoms with Gasteiger partial charge in [0.1, 0.15) is 5.75 Å². The maximum absolute atomic E-state index is 11.8. The first-order valence-corrected chi connectivity index (χ1v) is 6.38. The van der Waals surface area contributed by atoms with E-state index in [0.29, 0.717) is 11.4 Å². The van der Waals surface area contributed by atoms with Crippen LogP contribution in [-0.4, -0.2) is 31.6 Å². The van der Waals surface area contributed by atoms with Gasteiger partial charge in [-0.1, -0.05) is 6.92 Å². The number of hydrogen-bond donors (Lipinski definition) is 2. The topological polar surface area (TPSA) is 90.6 Å². The zero-order valence-electron chi connectivity index (χ0n) is 11.9. The summed E-state index contributed by atoms with van der Waals surface area (Å²) in [6.45, 7) is 3.52. The molecule has 3 N–H and O–H groups in total. The number of ether oxygens (including phenoxy) is 2. The first kappa shape index (κ1) is 15.8. The Morgan fingerprint density at radius 3 is 2.65 bits per heavy atom. The predicted molar refractivity (Wildman–Crippen MR) is 75.6 cm³/mol. The smallest absolute Gasteiger partial charge is 0.338 e. The Hall–Kier alpha value is -2.24. The summed E-state index contributed by atoms with van der Waals surface area (Å²) in [7, 11) is 1.49. The molecule has 0 aliphatic rings. The molecule has 20 heavy (non-hydrogen) atoms. The largest absolute Gasteiger partial charge is 0.495 e. The van der Waals surface area contributed by atoms with E-state index in [2.05, 4.69) is 5.32 Å². The van der Waals surface area contributed by atoms with Crippen LogP contribution in [0.4, 0.5) is 5.69 Å². The number of hydrogen-bond acceptors (Lipinski definition) is 5. The summed E-state index contributed by atoms with van der Waals surface area (Å²) < 4.78 is 9.91. The van der Waals surface area contributed by atoms with Gasteiger partial charge in [0.25, 0.3) is 5.91 Å². The van der Waals surface area contributed by atoms with Crippen LogP contribution < -0.4 is 15.8 Å². The average Bonchev–Trinajstić information content (AvgIpc) is 2.44. The maximum Gasteiger partial charge on any atom is 0.338 e. The lowest BCUT2D eigenvalue weighted by atomic mass is 10.2. The van der Waals surface area contributed by atoms with Gasteiger partial charge >= 0.3 is 5.97 Å². The highest BCUT2D eigenvalue weighted by Gasteiger charge is 2.13. The molecule has 1 rings (SSSR count). The van der Waals surface area contributed by atoms with Gasteiger partial charge in [-0.2, -0.15) is 0 Å². The Morgan fingerprint density at radius 1 is 1.40 bits per heavy atom. The second-order valence-electron chi connectivity index (χ2n) is 4.41. The molecule has 0 aromatic heterocycles. The molecule has 0 fully saturated rings. The summed E-state index contributed by atoms with van der Waals surface area (Å²) in [4.78, 5) is 23.2. The Balaban J connectivity index is 2.55. The lowest BCUT2D eigenvalue weighted by Gasteiger charge is -2.11. The van der Waals surface area contributed by atoms with Crippen molar-refractivity contribution >= 4 is 17.6 Å². The first-order chi connectivity index (χ1) is 9.47. The number of esters is 1. The zero-order chi connectivity index (χ0) is 15.1. The van der Waals surface area contributed by atoms with Gasteiger partial charge in [0, 0.05) is 6.04 Å². The summed E-state index contributed by atoms with van der Waals surface area (Å²) in [6, 6.07) is 4.61. The van der Waals surface area contributed by atoms with Crippen molar-refractivity contribution in [1.82, 2.24) is 5.32 Å². The van der Waals surface area contributed by atoms with Crippen LogP contribution in [0.2, 0.25) is 0 Å². The van der Waals surface area contributed by atoms with Gasteiger partial charge in [0.2, 0.25) is 0 Å². The molecular weight excluding hydrogens is 260 g/mol. The Kier molecular flexibility index (Phi) is 5.83. The molecule has 0 aliphatic carbocycles. The van der Waals surface area contributed by atoms with E-state index in [-0.39, 0.29) is 24.1 Å². The Morgan fingerprint density at radius 2 is 2.10 bits per heavy atom. The van der Waals surface area contributed by atoms with E-state index in [0.717, 1.165) is 6.42 Å². The lowest BCUT2D eigenvalue weighted by Crippen LogP contribution is -2.35. The van der Waals surface area contributed by atoms with Crippen molar-refractivity contribution in [2.45, 2.75) is 26.3 Å². The highest BCUT2D eigenvalue weighted by Crippen LogP contribution is 2.22. The molecule has 1 amide bonds. The van der Waals surface area contributed by atoms with E-state index in [4.69, 9.17) is 15.2 Å². The minimum absolute atomic E-state index is 0.0535. The zero-order valence-corrected chi connectivity index (χ0v) is 11.9. The van der Waals surface area contributed by atoms with Crippen molar-refractivity contribution in [1.29, 1.82) is 0 Å². The standard InChI is InChI=1S/C14H20N2O4/c1-4-9(2)16-13(17)8-20-14(18)10-5-6-12(19-3)11(15)7-10/h5-7,9H,4,8,15H2,1-3H3,(H,16,17). The molecule has 0 spiro atoms. The third-order valence-corrected chi connectivity index (χ3v) is 2.82. The summed E-state index contributed by atoms with van der Waals surface area (Å²) >= 11 is 0.